The number of aryl methyl sites for hydroxylation is 1. The lowest BCUT2D eigenvalue weighted by atomic mass is 9.89. The van der Waals surface area contributed by atoms with E-state index in [0.29, 0.717) is 6.54 Å². The van der Waals surface area contributed by atoms with Crippen molar-refractivity contribution >= 4 is 10.0 Å². The van der Waals surface area contributed by atoms with Crippen molar-refractivity contribution in [2.24, 2.45) is 0 Å². The molecular weight excluding hydrogens is 298 g/mol. The monoisotopic (exact) mass is 319 g/mol. The third kappa shape index (κ3) is 2.80. The Hall–Kier alpha value is -1.66. The predicted octanol–water partition coefficient (Wildman–Crippen LogP) is 2.65. The van der Waals surface area contributed by atoms with Crippen molar-refractivity contribution in [3.05, 3.63) is 48.3 Å². The summed E-state index contributed by atoms with van der Waals surface area (Å²) in [7, 11) is -3.57. The van der Waals surface area contributed by atoms with Crippen LogP contribution < -0.4 is 4.72 Å². The zero-order chi connectivity index (χ0) is 15.6. The number of hydrogen-bond donors (Lipinski definition) is 1. The molecule has 1 aliphatic rings. The minimum Gasteiger partial charge on any atom is -0.272 e. The molecule has 1 fully saturated rings. The Morgan fingerprint density at radius 1 is 1.23 bits per heavy atom. The number of sulfonamides is 1. The molecule has 6 heteroatoms. The molecule has 1 heterocycles. The number of benzene rings is 1. The predicted molar refractivity (Wildman–Crippen MR) is 84.8 cm³/mol. The van der Waals surface area contributed by atoms with Crippen molar-refractivity contribution in [3.8, 4) is 0 Å². The number of aromatic nitrogens is 2. The highest BCUT2D eigenvalue weighted by Crippen LogP contribution is 2.39. The number of nitrogens with one attached hydrogen (secondary N) is 1. The van der Waals surface area contributed by atoms with E-state index in [9.17, 15) is 8.42 Å². The van der Waals surface area contributed by atoms with Crippen LogP contribution in [0.25, 0.3) is 0 Å². The molecule has 1 saturated carbocycles. The fraction of sp³-hybridized carbons (Fsp3) is 0.438. The number of rotatable bonds is 5. The summed E-state index contributed by atoms with van der Waals surface area (Å²) in [5.74, 6) is 0. The highest BCUT2D eigenvalue weighted by Gasteiger charge is 2.39. The van der Waals surface area contributed by atoms with Gasteiger partial charge in [0.2, 0.25) is 10.0 Å². The van der Waals surface area contributed by atoms with E-state index in [2.05, 4.69) is 9.82 Å². The molecular formula is C16H21N3O2S. The second-order valence-electron chi connectivity index (χ2n) is 5.79. The maximum absolute atomic E-state index is 12.7. The molecule has 0 unspecified atom stereocenters. The van der Waals surface area contributed by atoms with Gasteiger partial charge in [0.05, 0.1) is 11.7 Å². The van der Waals surface area contributed by atoms with Crippen molar-refractivity contribution < 1.29 is 8.42 Å². The van der Waals surface area contributed by atoms with Crippen molar-refractivity contribution in [3.63, 3.8) is 0 Å². The Labute approximate surface area is 131 Å². The third-order valence-electron chi connectivity index (χ3n) is 4.36. The van der Waals surface area contributed by atoms with Crippen LogP contribution in [0, 0.1) is 0 Å². The van der Waals surface area contributed by atoms with Gasteiger partial charge >= 0.3 is 0 Å². The Morgan fingerprint density at radius 2 is 1.91 bits per heavy atom. The first-order valence-corrected chi connectivity index (χ1v) is 9.16. The largest absolute Gasteiger partial charge is 0.272 e. The van der Waals surface area contributed by atoms with Crippen LogP contribution in [0.4, 0.5) is 0 Å². The van der Waals surface area contributed by atoms with Gasteiger partial charge in [0, 0.05) is 12.7 Å². The van der Waals surface area contributed by atoms with Gasteiger partial charge in [-0.25, -0.2) is 13.1 Å². The van der Waals surface area contributed by atoms with E-state index in [1.165, 1.54) is 6.20 Å². The summed E-state index contributed by atoms with van der Waals surface area (Å²) in [6.45, 7) is 2.58. The van der Waals surface area contributed by atoms with E-state index in [1.54, 1.807) is 10.9 Å². The van der Waals surface area contributed by atoms with E-state index in [4.69, 9.17) is 0 Å². The molecule has 0 atom stereocenters. The Bertz CT molecular complexity index is 732. The van der Waals surface area contributed by atoms with E-state index in [0.717, 1.165) is 31.2 Å². The molecule has 1 aromatic heterocycles. The van der Waals surface area contributed by atoms with Crippen molar-refractivity contribution in [2.45, 2.75) is 49.6 Å². The second kappa shape index (κ2) is 5.85. The standard InChI is InChI=1S/C16H21N3O2S/c1-2-19-13-15(12-17-19)22(20,21)18-16(10-6-7-11-16)14-8-4-3-5-9-14/h3-5,8-9,12-13,18H,2,6-7,10-11H2,1H3. The van der Waals surface area contributed by atoms with E-state index in [-0.39, 0.29) is 4.90 Å². The summed E-state index contributed by atoms with van der Waals surface area (Å²) >= 11 is 0. The lowest BCUT2D eigenvalue weighted by Gasteiger charge is -2.30. The molecule has 5 nitrogen and oxygen atoms in total. The molecule has 0 saturated heterocycles. The molecule has 118 valence electrons. The van der Waals surface area contributed by atoms with Gasteiger partial charge in [-0.2, -0.15) is 5.10 Å². The smallest absolute Gasteiger partial charge is 0.244 e. The first kappa shape index (κ1) is 15.2. The average molecular weight is 319 g/mol. The number of nitrogens with zero attached hydrogens (tertiary/aromatic N) is 2. The lowest BCUT2D eigenvalue weighted by molar-refractivity contribution is 0.404. The molecule has 0 radical (unpaired) electrons. The Kier molecular flexibility index (Phi) is 4.06. The summed E-state index contributed by atoms with van der Waals surface area (Å²) in [5, 5.41) is 4.07. The molecule has 3 rings (SSSR count). The van der Waals surface area contributed by atoms with Crippen LogP contribution in [0.1, 0.15) is 38.2 Å². The zero-order valence-corrected chi connectivity index (χ0v) is 13.5. The van der Waals surface area contributed by atoms with E-state index < -0.39 is 15.6 Å². The zero-order valence-electron chi connectivity index (χ0n) is 12.7. The molecule has 1 aromatic carbocycles. The summed E-state index contributed by atoms with van der Waals surface area (Å²) in [5.41, 5.74) is 0.549. The van der Waals surface area contributed by atoms with E-state index >= 15 is 0 Å². The van der Waals surface area contributed by atoms with Crippen molar-refractivity contribution in [2.75, 3.05) is 0 Å². The van der Waals surface area contributed by atoms with Gasteiger partial charge in [0.25, 0.3) is 0 Å². The quantitative estimate of drug-likeness (QED) is 0.921. The van der Waals surface area contributed by atoms with Gasteiger partial charge in [0.1, 0.15) is 4.90 Å². The third-order valence-corrected chi connectivity index (χ3v) is 5.85. The summed E-state index contributed by atoms with van der Waals surface area (Å²) in [4.78, 5) is 0.233. The average Bonchev–Trinajstić information content (AvgIpc) is 3.17. The second-order valence-corrected chi connectivity index (χ2v) is 7.47. The molecule has 1 N–H and O–H groups in total. The molecule has 2 aromatic rings. The van der Waals surface area contributed by atoms with Gasteiger partial charge in [-0.15, -0.1) is 0 Å². The molecule has 0 amide bonds. The van der Waals surface area contributed by atoms with Crippen LogP contribution in [0.5, 0.6) is 0 Å². The van der Waals surface area contributed by atoms with Crippen LogP contribution in [0.3, 0.4) is 0 Å². The fourth-order valence-corrected chi connectivity index (χ4v) is 4.56. The summed E-state index contributed by atoms with van der Waals surface area (Å²) < 4.78 is 30.0. The Balaban J connectivity index is 1.94. The first-order chi connectivity index (χ1) is 10.6. The normalized spacial score (nSPS) is 17.7. The van der Waals surface area contributed by atoms with Crippen LogP contribution in [-0.2, 0) is 22.1 Å². The molecule has 22 heavy (non-hydrogen) atoms. The molecule has 0 aliphatic heterocycles. The lowest BCUT2D eigenvalue weighted by Crippen LogP contribution is -2.43. The summed E-state index contributed by atoms with van der Waals surface area (Å²) in [6, 6.07) is 9.87. The van der Waals surface area contributed by atoms with Gasteiger partial charge in [-0.3, -0.25) is 4.68 Å². The van der Waals surface area contributed by atoms with Crippen LogP contribution in [-0.4, -0.2) is 18.2 Å². The SMILES string of the molecule is CCn1cc(S(=O)(=O)NC2(c3ccccc3)CCCC2)cn1. The fourth-order valence-electron chi connectivity index (χ4n) is 3.16. The van der Waals surface area contributed by atoms with Gasteiger partial charge < -0.3 is 0 Å². The minimum absolute atomic E-state index is 0.233. The van der Waals surface area contributed by atoms with Gasteiger partial charge in [-0.1, -0.05) is 43.2 Å². The van der Waals surface area contributed by atoms with Crippen LogP contribution >= 0.6 is 0 Å². The first-order valence-electron chi connectivity index (χ1n) is 7.68. The van der Waals surface area contributed by atoms with Crippen molar-refractivity contribution in [1.82, 2.24) is 14.5 Å². The molecule has 1 aliphatic carbocycles. The highest BCUT2D eigenvalue weighted by atomic mass is 32.2. The van der Waals surface area contributed by atoms with Gasteiger partial charge in [-0.05, 0) is 25.3 Å². The number of hydrogen-bond acceptors (Lipinski definition) is 3. The van der Waals surface area contributed by atoms with Crippen LogP contribution in [0.2, 0.25) is 0 Å². The Morgan fingerprint density at radius 3 is 2.50 bits per heavy atom. The maximum atomic E-state index is 12.7. The van der Waals surface area contributed by atoms with Gasteiger partial charge in [0.15, 0.2) is 0 Å². The van der Waals surface area contributed by atoms with Crippen LogP contribution in [0.15, 0.2) is 47.6 Å². The molecule has 0 bridgehead atoms. The minimum atomic E-state index is -3.57. The topological polar surface area (TPSA) is 64.0 Å². The van der Waals surface area contributed by atoms with Crippen molar-refractivity contribution in [1.29, 1.82) is 0 Å². The maximum Gasteiger partial charge on any atom is 0.244 e. The highest BCUT2D eigenvalue weighted by molar-refractivity contribution is 7.89. The molecule has 0 spiro atoms. The van der Waals surface area contributed by atoms with E-state index in [1.807, 2.05) is 37.3 Å². The summed E-state index contributed by atoms with van der Waals surface area (Å²) in [6.07, 6.45) is 6.73.